The fourth-order valence-electron chi connectivity index (χ4n) is 4.83. The zero-order valence-corrected chi connectivity index (χ0v) is 19.3. The SMILES string of the molecule is Cc1oc(=O)n(CCCn2c(Cn3c(=O)n(C4CC4)c4ccncc43)nc3ccccc32)c1C. The van der Waals surface area contributed by atoms with Crippen molar-refractivity contribution in [2.45, 2.75) is 58.8 Å². The standard InChI is InChI=1S/C25H26N6O3/c1-16-17(2)34-25(33)28(16)12-5-13-29-20-7-4-3-6-19(20)27-23(29)15-30-22-14-26-11-10-21(22)31(24(30)32)18-8-9-18/h3-4,6-7,10-11,14,18H,5,8-9,12-13,15H2,1-2H3. The minimum absolute atomic E-state index is 0.0137. The molecule has 1 aromatic carbocycles. The Kier molecular flexibility index (Phi) is 4.79. The van der Waals surface area contributed by atoms with Crippen molar-refractivity contribution >= 4 is 22.1 Å². The predicted molar refractivity (Wildman–Crippen MR) is 128 cm³/mol. The topological polar surface area (TPSA) is 92.8 Å². The highest BCUT2D eigenvalue weighted by atomic mass is 16.4. The first kappa shape index (κ1) is 20.7. The summed E-state index contributed by atoms with van der Waals surface area (Å²) in [7, 11) is 0. The number of para-hydroxylation sites is 2. The number of fused-ring (bicyclic) bond motifs is 2. The lowest BCUT2D eigenvalue weighted by molar-refractivity contribution is 0.447. The first-order valence-corrected chi connectivity index (χ1v) is 11.7. The van der Waals surface area contributed by atoms with E-state index in [2.05, 4.69) is 9.55 Å². The Balaban J connectivity index is 1.37. The summed E-state index contributed by atoms with van der Waals surface area (Å²) < 4.78 is 12.7. The molecule has 5 aromatic rings. The van der Waals surface area contributed by atoms with Crippen LogP contribution in [0.4, 0.5) is 0 Å². The number of aromatic nitrogens is 6. The van der Waals surface area contributed by atoms with Crippen LogP contribution < -0.4 is 11.4 Å². The van der Waals surface area contributed by atoms with Gasteiger partial charge in [-0.3, -0.25) is 18.7 Å². The van der Waals surface area contributed by atoms with Crippen LogP contribution in [0.5, 0.6) is 0 Å². The highest BCUT2D eigenvalue weighted by Gasteiger charge is 2.29. The molecular weight excluding hydrogens is 432 g/mol. The normalized spacial score (nSPS) is 13.9. The second kappa shape index (κ2) is 7.86. The monoisotopic (exact) mass is 458 g/mol. The van der Waals surface area contributed by atoms with Crippen molar-refractivity contribution in [1.29, 1.82) is 0 Å². The zero-order valence-electron chi connectivity index (χ0n) is 19.3. The van der Waals surface area contributed by atoms with E-state index in [1.807, 2.05) is 41.8 Å². The molecule has 4 aromatic heterocycles. The van der Waals surface area contributed by atoms with Crippen molar-refractivity contribution in [1.82, 2.24) is 28.2 Å². The lowest BCUT2D eigenvalue weighted by Crippen LogP contribution is -2.25. The minimum atomic E-state index is -0.322. The molecule has 9 heteroatoms. The number of benzene rings is 1. The summed E-state index contributed by atoms with van der Waals surface area (Å²) in [5, 5.41) is 0. The maximum atomic E-state index is 13.4. The van der Waals surface area contributed by atoms with Crippen LogP contribution in [-0.4, -0.2) is 28.2 Å². The van der Waals surface area contributed by atoms with Gasteiger partial charge in [-0.05, 0) is 51.3 Å². The van der Waals surface area contributed by atoms with E-state index in [1.165, 1.54) is 0 Å². The molecule has 1 aliphatic rings. The lowest BCUT2D eigenvalue weighted by Gasteiger charge is -2.11. The first-order valence-electron chi connectivity index (χ1n) is 11.7. The van der Waals surface area contributed by atoms with Gasteiger partial charge >= 0.3 is 11.4 Å². The molecule has 1 saturated carbocycles. The van der Waals surface area contributed by atoms with Crippen LogP contribution in [0.25, 0.3) is 22.1 Å². The molecule has 0 unspecified atom stereocenters. The van der Waals surface area contributed by atoms with Crippen molar-refractivity contribution in [2.24, 2.45) is 0 Å². The molecule has 0 saturated heterocycles. The Bertz CT molecular complexity index is 1640. The Morgan fingerprint density at radius 2 is 1.76 bits per heavy atom. The Morgan fingerprint density at radius 3 is 2.53 bits per heavy atom. The van der Waals surface area contributed by atoms with Crippen molar-refractivity contribution in [2.75, 3.05) is 0 Å². The van der Waals surface area contributed by atoms with Crippen molar-refractivity contribution in [3.8, 4) is 0 Å². The molecule has 0 spiro atoms. The molecule has 0 N–H and O–H groups in total. The smallest absolute Gasteiger partial charge is 0.413 e. The number of rotatable bonds is 7. The second-order valence-corrected chi connectivity index (χ2v) is 9.02. The van der Waals surface area contributed by atoms with Gasteiger partial charge in [-0.15, -0.1) is 0 Å². The Morgan fingerprint density at radius 1 is 0.971 bits per heavy atom. The molecule has 6 rings (SSSR count). The highest BCUT2D eigenvalue weighted by Crippen LogP contribution is 2.36. The molecule has 0 amide bonds. The third-order valence-electron chi connectivity index (χ3n) is 6.85. The van der Waals surface area contributed by atoms with Gasteiger partial charge in [0.2, 0.25) is 0 Å². The van der Waals surface area contributed by atoms with Crippen molar-refractivity contribution < 1.29 is 4.42 Å². The van der Waals surface area contributed by atoms with E-state index in [0.717, 1.165) is 52.8 Å². The van der Waals surface area contributed by atoms with Crippen LogP contribution in [0, 0.1) is 13.8 Å². The quantitative estimate of drug-likeness (QED) is 0.373. The largest absolute Gasteiger partial charge is 0.419 e. The Labute approximate surface area is 194 Å². The van der Waals surface area contributed by atoms with Gasteiger partial charge in [0.1, 0.15) is 11.6 Å². The molecule has 34 heavy (non-hydrogen) atoms. The third kappa shape index (κ3) is 3.30. The van der Waals surface area contributed by atoms with Gasteiger partial charge in [-0.2, -0.15) is 0 Å². The highest BCUT2D eigenvalue weighted by molar-refractivity contribution is 5.77. The Hall–Kier alpha value is -3.88. The average Bonchev–Trinajstić information content (AvgIpc) is 3.49. The molecule has 0 atom stereocenters. The number of oxazole rings is 1. The molecule has 9 nitrogen and oxygen atoms in total. The number of hydrogen-bond donors (Lipinski definition) is 0. The molecule has 0 bridgehead atoms. The summed E-state index contributed by atoms with van der Waals surface area (Å²) >= 11 is 0. The van der Waals surface area contributed by atoms with Gasteiger partial charge in [0.15, 0.2) is 0 Å². The maximum Gasteiger partial charge on any atom is 0.419 e. The van der Waals surface area contributed by atoms with E-state index in [9.17, 15) is 9.59 Å². The number of imidazole rings is 2. The van der Waals surface area contributed by atoms with Gasteiger partial charge in [0.05, 0.1) is 40.5 Å². The van der Waals surface area contributed by atoms with Crippen LogP contribution in [0.2, 0.25) is 0 Å². The molecule has 4 heterocycles. The van der Waals surface area contributed by atoms with Crippen LogP contribution in [0.1, 0.15) is 42.6 Å². The van der Waals surface area contributed by atoms with Gasteiger partial charge in [-0.1, -0.05) is 12.1 Å². The van der Waals surface area contributed by atoms with Crippen molar-refractivity contribution in [3.05, 3.63) is 81.0 Å². The summed E-state index contributed by atoms with van der Waals surface area (Å²) in [6.45, 7) is 5.28. The summed E-state index contributed by atoms with van der Waals surface area (Å²) in [6.07, 6.45) is 6.30. The van der Waals surface area contributed by atoms with Crippen LogP contribution in [0.3, 0.4) is 0 Å². The van der Waals surface area contributed by atoms with Gasteiger partial charge < -0.3 is 8.98 Å². The number of nitrogens with zero attached hydrogens (tertiary/aromatic N) is 6. The fourth-order valence-corrected chi connectivity index (χ4v) is 4.83. The fraction of sp³-hybridized carbons (Fsp3) is 0.360. The van der Waals surface area contributed by atoms with E-state index < -0.39 is 0 Å². The van der Waals surface area contributed by atoms with E-state index in [-0.39, 0.29) is 17.5 Å². The summed E-state index contributed by atoms with van der Waals surface area (Å²) in [5.41, 5.74) is 4.50. The molecule has 174 valence electrons. The van der Waals surface area contributed by atoms with E-state index in [0.29, 0.717) is 25.4 Å². The number of hydrogen-bond acceptors (Lipinski definition) is 5. The van der Waals surface area contributed by atoms with Gasteiger partial charge in [-0.25, -0.2) is 14.6 Å². The second-order valence-electron chi connectivity index (χ2n) is 9.02. The lowest BCUT2D eigenvalue weighted by atomic mass is 10.3. The molecular formula is C25H26N6O3. The predicted octanol–water partition coefficient (Wildman–Crippen LogP) is 3.39. The first-order chi connectivity index (χ1) is 16.5. The number of aryl methyl sites for hydroxylation is 2. The summed E-state index contributed by atoms with van der Waals surface area (Å²) in [6, 6.07) is 10.2. The summed E-state index contributed by atoms with van der Waals surface area (Å²) in [4.78, 5) is 34.7. The van der Waals surface area contributed by atoms with Gasteiger partial charge in [0.25, 0.3) is 0 Å². The number of pyridine rings is 1. The zero-order chi connectivity index (χ0) is 23.4. The van der Waals surface area contributed by atoms with Crippen LogP contribution >= 0.6 is 0 Å². The van der Waals surface area contributed by atoms with E-state index >= 15 is 0 Å². The third-order valence-corrected chi connectivity index (χ3v) is 6.85. The van der Waals surface area contributed by atoms with E-state index in [4.69, 9.17) is 9.40 Å². The van der Waals surface area contributed by atoms with Gasteiger partial charge in [0, 0.05) is 25.3 Å². The molecule has 1 aliphatic carbocycles. The van der Waals surface area contributed by atoms with Crippen LogP contribution in [0.15, 0.2) is 56.7 Å². The van der Waals surface area contributed by atoms with Crippen LogP contribution in [-0.2, 0) is 19.6 Å². The van der Waals surface area contributed by atoms with E-state index in [1.54, 1.807) is 28.5 Å². The molecule has 0 aliphatic heterocycles. The average molecular weight is 459 g/mol. The molecule has 0 radical (unpaired) electrons. The minimum Gasteiger partial charge on any atom is -0.413 e. The summed E-state index contributed by atoms with van der Waals surface area (Å²) in [5.74, 6) is 1.14. The maximum absolute atomic E-state index is 13.4. The molecule has 1 fully saturated rings. The van der Waals surface area contributed by atoms with Crippen molar-refractivity contribution in [3.63, 3.8) is 0 Å².